The van der Waals surface area contributed by atoms with Crippen molar-refractivity contribution in [2.24, 2.45) is 0 Å². The lowest BCUT2D eigenvalue weighted by Gasteiger charge is -2.26. The molecule has 0 fully saturated rings. The first-order valence-corrected chi connectivity index (χ1v) is 6.43. The smallest absolute Gasteiger partial charge is 0.323 e. The molecule has 3 nitrogen and oxygen atoms in total. The summed E-state index contributed by atoms with van der Waals surface area (Å²) in [4.78, 5) is 11.3. The van der Waals surface area contributed by atoms with Gasteiger partial charge in [-0.1, -0.05) is 37.1 Å². The van der Waals surface area contributed by atoms with Crippen molar-refractivity contribution in [3.8, 4) is 0 Å². The van der Waals surface area contributed by atoms with Gasteiger partial charge in [-0.15, -0.1) is 0 Å². The molecule has 0 saturated heterocycles. The first kappa shape index (κ1) is 14.7. The van der Waals surface area contributed by atoms with Gasteiger partial charge >= 0.3 is 5.97 Å². The summed E-state index contributed by atoms with van der Waals surface area (Å²) < 4.78 is 0. The van der Waals surface area contributed by atoms with Crippen LogP contribution in [0.3, 0.4) is 0 Å². The van der Waals surface area contributed by atoms with Crippen molar-refractivity contribution in [1.82, 2.24) is 5.32 Å². The standard InChI is InChI=1S/C15H23NO2/c1-5-8-15(4,14(17)18)16-10-13-9-11(2)6-7-12(13)3/h6-7,9,16H,5,8,10H2,1-4H3,(H,17,18). The molecule has 1 atom stereocenters. The number of aryl methyl sites for hydroxylation is 2. The van der Waals surface area contributed by atoms with Gasteiger partial charge in [0, 0.05) is 6.54 Å². The average molecular weight is 249 g/mol. The molecule has 1 aromatic rings. The van der Waals surface area contributed by atoms with E-state index in [1.54, 1.807) is 6.92 Å². The monoisotopic (exact) mass is 249 g/mol. The molecule has 0 saturated carbocycles. The van der Waals surface area contributed by atoms with Crippen molar-refractivity contribution >= 4 is 5.97 Å². The van der Waals surface area contributed by atoms with E-state index in [4.69, 9.17) is 0 Å². The van der Waals surface area contributed by atoms with Crippen molar-refractivity contribution in [3.05, 3.63) is 34.9 Å². The maximum atomic E-state index is 11.3. The first-order valence-electron chi connectivity index (χ1n) is 6.43. The number of hydrogen-bond acceptors (Lipinski definition) is 2. The molecule has 0 amide bonds. The van der Waals surface area contributed by atoms with Crippen LogP contribution in [-0.4, -0.2) is 16.6 Å². The largest absolute Gasteiger partial charge is 0.480 e. The molecule has 0 spiro atoms. The first-order chi connectivity index (χ1) is 8.39. The number of carboxylic acid groups (broad SMARTS) is 1. The quantitative estimate of drug-likeness (QED) is 0.814. The topological polar surface area (TPSA) is 49.3 Å². The number of carboxylic acids is 1. The Morgan fingerprint density at radius 2 is 2.06 bits per heavy atom. The Bertz CT molecular complexity index is 429. The third-order valence-corrected chi connectivity index (χ3v) is 3.40. The van der Waals surface area contributed by atoms with E-state index in [0.29, 0.717) is 13.0 Å². The van der Waals surface area contributed by atoms with Gasteiger partial charge in [0.15, 0.2) is 0 Å². The van der Waals surface area contributed by atoms with Gasteiger partial charge in [0.25, 0.3) is 0 Å². The molecule has 1 unspecified atom stereocenters. The summed E-state index contributed by atoms with van der Waals surface area (Å²) in [5, 5.41) is 12.5. The van der Waals surface area contributed by atoms with Crippen LogP contribution < -0.4 is 5.32 Å². The van der Waals surface area contributed by atoms with Crippen LogP contribution in [0.15, 0.2) is 18.2 Å². The van der Waals surface area contributed by atoms with Crippen LogP contribution in [0.4, 0.5) is 0 Å². The third kappa shape index (κ3) is 3.57. The summed E-state index contributed by atoms with van der Waals surface area (Å²) in [6.07, 6.45) is 1.48. The van der Waals surface area contributed by atoms with Crippen LogP contribution >= 0.6 is 0 Å². The number of aliphatic carboxylic acids is 1. The zero-order chi connectivity index (χ0) is 13.8. The molecule has 1 aromatic carbocycles. The highest BCUT2D eigenvalue weighted by Gasteiger charge is 2.31. The third-order valence-electron chi connectivity index (χ3n) is 3.40. The van der Waals surface area contributed by atoms with Crippen LogP contribution in [0.1, 0.15) is 43.4 Å². The summed E-state index contributed by atoms with van der Waals surface area (Å²) in [7, 11) is 0. The van der Waals surface area contributed by atoms with E-state index in [0.717, 1.165) is 6.42 Å². The number of nitrogens with one attached hydrogen (secondary N) is 1. The van der Waals surface area contributed by atoms with Crippen LogP contribution in [0.25, 0.3) is 0 Å². The predicted octanol–water partition coefficient (Wildman–Crippen LogP) is 3.04. The second-order valence-corrected chi connectivity index (χ2v) is 5.17. The lowest BCUT2D eigenvalue weighted by atomic mass is 9.95. The van der Waals surface area contributed by atoms with E-state index in [-0.39, 0.29) is 0 Å². The Kier molecular flexibility index (Phi) is 4.91. The lowest BCUT2D eigenvalue weighted by molar-refractivity contribution is -0.144. The van der Waals surface area contributed by atoms with Crippen LogP contribution in [0, 0.1) is 13.8 Å². The van der Waals surface area contributed by atoms with Crippen molar-refractivity contribution in [1.29, 1.82) is 0 Å². The number of benzene rings is 1. The van der Waals surface area contributed by atoms with Crippen LogP contribution in [0.2, 0.25) is 0 Å². The van der Waals surface area contributed by atoms with Crippen molar-refractivity contribution in [2.45, 2.75) is 52.6 Å². The second kappa shape index (κ2) is 6.01. The zero-order valence-corrected chi connectivity index (χ0v) is 11.7. The summed E-state index contributed by atoms with van der Waals surface area (Å²) in [6, 6.07) is 6.25. The second-order valence-electron chi connectivity index (χ2n) is 5.17. The summed E-state index contributed by atoms with van der Waals surface area (Å²) in [5.41, 5.74) is 2.71. The average Bonchev–Trinajstić information content (AvgIpc) is 2.30. The lowest BCUT2D eigenvalue weighted by Crippen LogP contribution is -2.49. The minimum Gasteiger partial charge on any atom is -0.480 e. The fourth-order valence-corrected chi connectivity index (χ4v) is 2.05. The number of hydrogen-bond donors (Lipinski definition) is 2. The fraction of sp³-hybridized carbons (Fsp3) is 0.533. The molecular formula is C15H23NO2. The molecule has 2 N–H and O–H groups in total. The van der Waals surface area contributed by atoms with Gasteiger partial charge in [-0.3, -0.25) is 10.1 Å². The SMILES string of the molecule is CCCC(C)(NCc1cc(C)ccc1C)C(=O)O. The highest BCUT2D eigenvalue weighted by Crippen LogP contribution is 2.16. The molecule has 3 heteroatoms. The van der Waals surface area contributed by atoms with E-state index >= 15 is 0 Å². The van der Waals surface area contributed by atoms with Crippen molar-refractivity contribution < 1.29 is 9.90 Å². The minimum atomic E-state index is -0.842. The van der Waals surface area contributed by atoms with Gasteiger partial charge in [0.1, 0.15) is 5.54 Å². The summed E-state index contributed by atoms with van der Waals surface area (Å²) in [6.45, 7) is 8.45. The Labute approximate surface area is 109 Å². The molecule has 1 rings (SSSR count). The minimum absolute atomic E-state index is 0.594. The Balaban J connectivity index is 2.79. The van der Waals surface area contributed by atoms with Gasteiger partial charge in [-0.2, -0.15) is 0 Å². The summed E-state index contributed by atoms with van der Waals surface area (Å²) in [5.74, 6) is -0.783. The summed E-state index contributed by atoms with van der Waals surface area (Å²) >= 11 is 0. The van der Waals surface area contributed by atoms with Gasteiger partial charge in [0.2, 0.25) is 0 Å². The van der Waals surface area contributed by atoms with Gasteiger partial charge in [-0.25, -0.2) is 0 Å². The van der Waals surface area contributed by atoms with Crippen LogP contribution in [-0.2, 0) is 11.3 Å². The van der Waals surface area contributed by atoms with Crippen molar-refractivity contribution in [3.63, 3.8) is 0 Å². The molecule has 0 aliphatic carbocycles. The highest BCUT2D eigenvalue weighted by molar-refractivity contribution is 5.78. The molecule has 0 radical (unpaired) electrons. The van der Waals surface area contributed by atoms with Gasteiger partial charge in [0.05, 0.1) is 0 Å². The molecule has 0 aliphatic rings. The highest BCUT2D eigenvalue weighted by atomic mass is 16.4. The predicted molar refractivity (Wildman–Crippen MR) is 73.7 cm³/mol. The maximum Gasteiger partial charge on any atom is 0.323 e. The van der Waals surface area contributed by atoms with Gasteiger partial charge in [-0.05, 0) is 38.3 Å². The van der Waals surface area contributed by atoms with E-state index in [1.165, 1.54) is 16.7 Å². The maximum absolute atomic E-state index is 11.3. The Hall–Kier alpha value is -1.35. The molecule has 0 aromatic heterocycles. The fourth-order valence-electron chi connectivity index (χ4n) is 2.05. The van der Waals surface area contributed by atoms with Crippen molar-refractivity contribution in [2.75, 3.05) is 0 Å². The number of rotatable bonds is 6. The molecule has 0 aliphatic heterocycles. The Morgan fingerprint density at radius 1 is 1.39 bits per heavy atom. The molecule has 100 valence electrons. The van der Waals surface area contributed by atoms with E-state index in [2.05, 4.69) is 23.5 Å². The molecular weight excluding hydrogens is 226 g/mol. The zero-order valence-electron chi connectivity index (χ0n) is 11.7. The molecule has 18 heavy (non-hydrogen) atoms. The van der Waals surface area contributed by atoms with E-state index < -0.39 is 11.5 Å². The Morgan fingerprint density at radius 3 is 2.61 bits per heavy atom. The van der Waals surface area contributed by atoms with Crippen LogP contribution in [0.5, 0.6) is 0 Å². The molecule has 0 bridgehead atoms. The van der Waals surface area contributed by atoms with E-state index in [9.17, 15) is 9.90 Å². The van der Waals surface area contributed by atoms with Gasteiger partial charge < -0.3 is 5.11 Å². The normalized spacial score (nSPS) is 14.2. The number of carbonyl (C=O) groups is 1. The molecule has 0 heterocycles. The van der Waals surface area contributed by atoms with E-state index in [1.807, 2.05) is 20.8 Å².